The van der Waals surface area contributed by atoms with Gasteiger partial charge in [-0.05, 0) is 79.8 Å². The molecule has 4 aromatic carbocycles. The number of carbonyl (C=O) groups is 1. The zero-order valence-corrected chi connectivity index (χ0v) is 32.8. The van der Waals surface area contributed by atoms with Gasteiger partial charge < -0.3 is 38.9 Å². The molecule has 2 atom stereocenters. The quantitative estimate of drug-likeness (QED) is 0.117. The van der Waals surface area contributed by atoms with E-state index in [1.54, 1.807) is 33.5 Å². The molecule has 0 aliphatic carbocycles. The Morgan fingerprint density at radius 3 is 2.32 bits per heavy atom. The van der Waals surface area contributed by atoms with Gasteiger partial charge >= 0.3 is 0 Å². The first-order valence-corrected chi connectivity index (χ1v) is 19.7. The molecule has 2 aliphatic rings. The van der Waals surface area contributed by atoms with E-state index in [-0.39, 0.29) is 29.2 Å². The van der Waals surface area contributed by atoms with Gasteiger partial charge in [-0.3, -0.25) is 4.79 Å². The second-order valence-corrected chi connectivity index (χ2v) is 15.2. The third kappa shape index (κ3) is 7.91. The standard InChI is InChI=1S/C45H50FN7O4/c1-55-39-28-32(29-40(56-2)41(39)57-3)43(54)52-26-20-45(30-52,33-13-15-34(46)16-14-33)19-25-51-23-17-35(18-24-51)53(44-49-36-11-7-8-12-37(36)50-44)38(42-47-21-22-48-42)27-31-9-5-4-6-10-31/h4-16,21-22,28-29,35,38H,17-20,23-27,30H2,1-3H3,(H,47,48)(H,49,50). The Balaban J connectivity index is 1.01. The van der Waals surface area contributed by atoms with Gasteiger partial charge in [0.25, 0.3) is 5.91 Å². The topological polar surface area (TPSA) is 112 Å². The Kier molecular flexibility index (Phi) is 11.1. The number of aromatic nitrogens is 4. The van der Waals surface area contributed by atoms with Crippen LogP contribution >= 0.6 is 0 Å². The van der Waals surface area contributed by atoms with Crippen LogP contribution in [0, 0.1) is 5.82 Å². The van der Waals surface area contributed by atoms with Crippen LogP contribution in [0.1, 0.15) is 59.0 Å². The molecule has 0 spiro atoms. The number of hydrogen-bond donors (Lipinski definition) is 2. The SMILES string of the molecule is COc1cc(C(=O)N2CCC(CCN3CCC(N(c4nc5ccccc5[nH]4)C(Cc4ccccc4)c4ncc[nH]4)CC3)(c3ccc(F)cc3)C2)cc(OC)c1OC. The van der Waals surface area contributed by atoms with Crippen molar-refractivity contribution in [1.82, 2.24) is 29.7 Å². The second kappa shape index (κ2) is 16.7. The van der Waals surface area contributed by atoms with Gasteiger partial charge in [-0.2, -0.15) is 0 Å². The van der Waals surface area contributed by atoms with Crippen LogP contribution in [0.4, 0.5) is 10.3 Å². The number of halogens is 1. The maximum Gasteiger partial charge on any atom is 0.254 e. The molecule has 0 saturated carbocycles. The first-order chi connectivity index (χ1) is 27.9. The van der Waals surface area contributed by atoms with Crippen molar-refractivity contribution in [3.63, 3.8) is 0 Å². The van der Waals surface area contributed by atoms with E-state index in [4.69, 9.17) is 24.2 Å². The number of nitrogens with one attached hydrogen (secondary N) is 2. The van der Waals surface area contributed by atoms with Crippen LogP contribution < -0.4 is 19.1 Å². The van der Waals surface area contributed by atoms with Crippen molar-refractivity contribution in [2.75, 3.05) is 59.0 Å². The van der Waals surface area contributed by atoms with Gasteiger partial charge in [-0.25, -0.2) is 14.4 Å². The maximum absolute atomic E-state index is 14.2. The lowest BCUT2D eigenvalue weighted by Crippen LogP contribution is -2.48. The average molecular weight is 772 g/mol. The fraction of sp³-hybridized carbons (Fsp3) is 0.356. The van der Waals surface area contributed by atoms with Crippen molar-refractivity contribution in [2.45, 2.75) is 49.6 Å². The molecule has 0 radical (unpaired) electrons. The number of likely N-dealkylation sites (tertiary alicyclic amines) is 2. The van der Waals surface area contributed by atoms with Crippen LogP contribution in [0.25, 0.3) is 11.0 Å². The normalized spacial score (nSPS) is 18.1. The van der Waals surface area contributed by atoms with Gasteiger partial charge in [0.2, 0.25) is 11.7 Å². The average Bonchev–Trinajstić information content (AvgIpc) is 4.04. The molecular formula is C45H50FN7O4. The minimum atomic E-state index is -0.332. The Labute approximate surface area is 332 Å². The van der Waals surface area contributed by atoms with Gasteiger partial charge in [-0.1, -0.05) is 54.6 Å². The predicted octanol–water partition coefficient (Wildman–Crippen LogP) is 7.58. The molecule has 1 amide bonds. The second-order valence-electron chi connectivity index (χ2n) is 15.2. The number of H-pyrrole nitrogens is 2. The summed E-state index contributed by atoms with van der Waals surface area (Å²) in [6.07, 6.45) is 7.99. The van der Waals surface area contributed by atoms with Crippen molar-refractivity contribution in [2.24, 2.45) is 0 Å². The molecule has 0 bridgehead atoms. The van der Waals surface area contributed by atoms with E-state index in [0.29, 0.717) is 35.9 Å². The minimum absolute atomic E-state index is 0.0612. The van der Waals surface area contributed by atoms with Crippen LogP contribution in [-0.2, 0) is 11.8 Å². The molecule has 57 heavy (non-hydrogen) atoms. The van der Waals surface area contributed by atoms with E-state index in [1.807, 2.05) is 41.6 Å². The van der Waals surface area contributed by atoms with Gasteiger partial charge in [0.15, 0.2) is 11.5 Å². The van der Waals surface area contributed by atoms with Crippen molar-refractivity contribution in [3.05, 3.63) is 132 Å². The van der Waals surface area contributed by atoms with E-state index in [1.165, 1.54) is 17.7 Å². The van der Waals surface area contributed by atoms with Crippen LogP contribution in [0.5, 0.6) is 17.2 Å². The lowest BCUT2D eigenvalue weighted by atomic mass is 9.76. The Morgan fingerprint density at radius 2 is 1.65 bits per heavy atom. The van der Waals surface area contributed by atoms with Crippen LogP contribution in [-0.4, -0.2) is 95.7 Å². The summed E-state index contributed by atoms with van der Waals surface area (Å²) >= 11 is 0. The van der Waals surface area contributed by atoms with E-state index in [2.05, 4.69) is 62.2 Å². The van der Waals surface area contributed by atoms with Crippen molar-refractivity contribution in [3.8, 4) is 17.2 Å². The molecule has 6 aromatic rings. The number of anilines is 1. The number of methoxy groups -OCH3 is 3. The van der Waals surface area contributed by atoms with Gasteiger partial charge in [0.1, 0.15) is 11.6 Å². The summed E-state index contributed by atoms with van der Waals surface area (Å²) in [6, 6.07) is 29.2. The molecule has 12 heteroatoms. The highest BCUT2D eigenvalue weighted by Crippen LogP contribution is 2.42. The highest BCUT2D eigenvalue weighted by molar-refractivity contribution is 5.96. The zero-order chi connectivity index (χ0) is 39.4. The highest BCUT2D eigenvalue weighted by atomic mass is 19.1. The molecule has 2 N–H and O–H groups in total. The third-order valence-electron chi connectivity index (χ3n) is 11.9. The van der Waals surface area contributed by atoms with Gasteiger partial charge in [0, 0.05) is 62.0 Å². The largest absolute Gasteiger partial charge is 0.493 e. The summed E-state index contributed by atoms with van der Waals surface area (Å²) in [6.45, 7) is 3.77. The van der Waals surface area contributed by atoms with Gasteiger partial charge in [-0.15, -0.1) is 0 Å². The molecule has 2 aliphatic heterocycles. The number of ether oxygens (including phenoxy) is 3. The van der Waals surface area contributed by atoms with Crippen molar-refractivity contribution >= 4 is 22.9 Å². The Bertz CT molecular complexity index is 2200. The van der Waals surface area contributed by atoms with E-state index in [9.17, 15) is 9.18 Å². The summed E-state index contributed by atoms with van der Waals surface area (Å²) in [5, 5.41) is 0. The molecule has 2 aromatic heterocycles. The number of nitrogens with zero attached hydrogens (tertiary/aromatic N) is 5. The van der Waals surface area contributed by atoms with Crippen LogP contribution in [0.2, 0.25) is 0 Å². The lowest BCUT2D eigenvalue weighted by molar-refractivity contribution is 0.0779. The first-order valence-electron chi connectivity index (χ1n) is 19.7. The summed E-state index contributed by atoms with van der Waals surface area (Å²) in [4.78, 5) is 38.0. The fourth-order valence-electron chi connectivity index (χ4n) is 8.87. The van der Waals surface area contributed by atoms with Gasteiger partial charge in [0.05, 0.1) is 38.4 Å². The van der Waals surface area contributed by atoms with Crippen LogP contribution in [0.3, 0.4) is 0 Å². The summed E-state index contributed by atoms with van der Waals surface area (Å²) in [5.41, 5.74) is 4.37. The molecular weight excluding hydrogens is 722 g/mol. The number of carbonyl (C=O) groups excluding carboxylic acids is 1. The Hall–Kier alpha value is -5.88. The highest BCUT2D eigenvalue weighted by Gasteiger charge is 2.42. The molecule has 11 nitrogen and oxygen atoms in total. The van der Waals surface area contributed by atoms with Crippen molar-refractivity contribution < 1.29 is 23.4 Å². The Morgan fingerprint density at radius 1 is 0.930 bits per heavy atom. The number of amides is 1. The molecule has 2 unspecified atom stereocenters. The number of hydrogen-bond acceptors (Lipinski definition) is 8. The minimum Gasteiger partial charge on any atom is -0.493 e. The van der Waals surface area contributed by atoms with E-state index >= 15 is 0 Å². The number of fused-ring (bicyclic) bond motifs is 1. The summed E-state index contributed by atoms with van der Waals surface area (Å²) in [5.74, 6) is 2.69. The zero-order valence-electron chi connectivity index (χ0n) is 32.8. The number of imidazole rings is 2. The molecule has 4 heterocycles. The molecule has 8 rings (SSSR count). The predicted molar refractivity (Wildman–Crippen MR) is 219 cm³/mol. The summed E-state index contributed by atoms with van der Waals surface area (Å²) in [7, 11) is 4.63. The number of aromatic amines is 2. The monoisotopic (exact) mass is 771 g/mol. The van der Waals surface area contributed by atoms with E-state index < -0.39 is 0 Å². The molecule has 2 saturated heterocycles. The number of benzene rings is 4. The number of para-hydroxylation sites is 2. The molecule has 296 valence electrons. The van der Waals surface area contributed by atoms with Crippen LogP contribution in [0.15, 0.2) is 103 Å². The number of piperidine rings is 1. The summed E-state index contributed by atoms with van der Waals surface area (Å²) < 4.78 is 30.8. The van der Waals surface area contributed by atoms with E-state index in [0.717, 1.165) is 80.1 Å². The smallest absolute Gasteiger partial charge is 0.254 e. The van der Waals surface area contributed by atoms with Crippen molar-refractivity contribution in [1.29, 1.82) is 0 Å². The fourth-order valence-corrected chi connectivity index (χ4v) is 8.87. The third-order valence-corrected chi connectivity index (χ3v) is 11.9. The molecule has 2 fully saturated rings. The maximum atomic E-state index is 14.2. The number of rotatable bonds is 14. The lowest BCUT2D eigenvalue weighted by Gasteiger charge is -2.42. The first kappa shape index (κ1) is 38.0.